The van der Waals surface area contributed by atoms with Crippen molar-refractivity contribution in [2.75, 3.05) is 34.6 Å². The maximum Gasteiger partial charge on any atom is 0.255 e. The molecule has 0 aliphatic carbocycles. The molecule has 3 aromatic rings. The summed E-state index contributed by atoms with van der Waals surface area (Å²) in [5, 5.41) is 3.50. The molecular weight excluding hydrogens is 505 g/mol. The van der Waals surface area contributed by atoms with E-state index in [1.54, 1.807) is 40.8 Å². The van der Waals surface area contributed by atoms with E-state index in [0.29, 0.717) is 29.4 Å². The maximum absolute atomic E-state index is 12.7. The van der Waals surface area contributed by atoms with Gasteiger partial charge in [-0.1, -0.05) is 38.4 Å². The van der Waals surface area contributed by atoms with Crippen LogP contribution in [-0.2, 0) is 15.7 Å². The van der Waals surface area contributed by atoms with Crippen LogP contribution >= 0.6 is 23.2 Å². The molecule has 0 saturated carbocycles. The minimum atomic E-state index is -1.21. The Morgan fingerprint density at radius 1 is 1.14 bits per heavy atom. The molecule has 1 saturated heterocycles. The summed E-state index contributed by atoms with van der Waals surface area (Å²) >= 11 is 10.9. The number of anilines is 2. The first kappa shape index (κ1) is 28.8. The quantitative estimate of drug-likeness (QED) is 0.377. The SMILES string of the molecule is CC.CCCl.Cc1ccc(NC(=O)c2ccc(N3CCOCS3=O)cc2)cc1-c1ccc(Cl)cn1. The van der Waals surface area contributed by atoms with Crippen molar-refractivity contribution in [3.8, 4) is 11.3 Å². The Morgan fingerprint density at radius 2 is 1.83 bits per heavy atom. The van der Waals surface area contributed by atoms with E-state index < -0.39 is 11.0 Å². The Morgan fingerprint density at radius 3 is 2.43 bits per heavy atom. The van der Waals surface area contributed by atoms with Crippen molar-refractivity contribution in [3.63, 3.8) is 0 Å². The molecule has 188 valence electrons. The van der Waals surface area contributed by atoms with Gasteiger partial charge in [0.15, 0.2) is 0 Å². The first-order valence-corrected chi connectivity index (χ1v) is 13.6. The standard InChI is InChI=1S/C22H20ClN3O3S.C2H5Cl.C2H6/c1-15-2-6-18(12-20(15)21-9-5-17(23)13-24-21)25-22(27)16-3-7-19(8-4-16)26-10-11-29-14-30(26)28;1-2-3;1-2/h2-9,12-13H,10-11,14H2,1H3,(H,25,27);2H2,1H3;1-2H3. The summed E-state index contributed by atoms with van der Waals surface area (Å²) < 4.78 is 19.0. The van der Waals surface area contributed by atoms with Gasteiger partial charge in [0.05, 0.1) is 23.9 Å². The Hall–Kier alpha value is -2.45. The molecule has 2 aromatic carbocycles. The zero-order valence-electron chi connectivity index (χ0n) is 20.4. The van der Waals surface area contributed by atoms with Crippen molar-refractivity contribution >= 4 is 51.5 Å². The number of carbonyl (C=O) groups is 1. The first-order chi connectivity index (χ1) is 16.9. The van der Waals surface area contributed by atoms with Crippen molar-refractivity contribution in [2.24, 2.45) is 0 Å². The molecule has 1 N–H and O–H groups in total. The van der Waals surface area contributed by atoms with Crippen LogP contribution in [0.1, 0.15) is 36.7 Å². The number of halogens is 2. The predicted octanol–water partition coefficient (Wildman–Crippen LogP) is 6.69. The molecule has 1 fully saturated rings. The second-order valence-corrected chi connectivity index (χ2v) is 9.40. The van der Waals surface area contributed by atoms with Crippen molar-refractivity contribution in [3.05, 3.63) is 76.9 Å². The van der Waals surface area contributed by atoms with Gasteiger partial charge in [-0.15, -0.1) is 11.6 Å². The number of hydrogen-bond donors (Lipinski definition) is 1. The van der Waals surface area contributed by atoms with Gasteiger partial charge in [-0.25, -0.2) is 4.21 Å². The zero-order valence-corrected chi connectivity index (χ0v) is 22.7. The van der Waals surface area contributed by atoms with Gasteiger partial charge in [-0.2, -0.15) is 0 Å². The van der Waals surface area contributed by atoms with Gasteiger partial charge in [0.25, 0.3) is 5.91 Å². The van der Waals surface area contributed by atoms with E-state index in [2.05, 4.69) is 10.3 Å². The second kappa shape index (κ2) is 14.8. The number of hydrogen-bond acceptors (Lipinski definition) is 4. The summed E-state index contributed by atoms with van der Waals surface area (Å²) in [6, 6.07) is 16.4. The highest BCUT2D eigenvalue weighted by Gasteiger charge is 2.19. The molecular formula is C26H31Cl2N3O3S. The van der Waals surface area contributed by atoms with Gasteiger partial charge >= 0.3 is 0 Å². The predicted molar refractivity (Wildman–Crippen MR) is 148 cm³/mol. The van der Waals surface area contributed by atoms with Gasteiger partial charge in [-0.05, 0) is 61.0 Å². The third kappa shape index (κ3) is 8.32. The van der Waals surface area contributed by atoms with Crippen molar-refractivity contribution < 1.29 is 13.7 Å². The van der Waals surface area contributed by atoms with Gasteiger partial charge in [0, 0.05) is 34.6 Å². The molecule has 9 heteroatoms. The number of nitrogens with zero attached hydrogens (tertiary/aromatic N) is 2. The fourth-order valence-corrected chi connectivity index (χ4v) is 4.32. The van der Waals surface area contributed by atoms with Gasteiger partial charge in [0.1, 0.15) is 16.9 Å². The van der Waals surface area contributed by atoms with E-state index >= 15 is 0 Å². The summed E-state index contributed by atoms with van der Waals surface area (Å²) in [7, 11) is -1.21. The topological polar surface area (TPSA) is 71.5 Å². The summed E-state index contributed by atoms with van der Waals surface area (Å²) in [5.74, 6) is 0.698. The van der Waals surface area contributed by atoms with Crippen LogP contribution in [0.5, 0.6) is 0 Å². The molecule has 2 heterocycles. The molecule has 1 unspecified atom stereocenters. The van der Waals surface area contributed by atoms with Crippen LogP contribution in [0.25, 0.3) is 11.3 Å². The number of carbonyl (C=O) groups excluding carboxylic acids is 1. The van der Waals surface area contributed by atoms with Crippen LogP contribution in [0.3, 0.4) is 0 Å². The van der Waals surface area contributed by atoms with Crippen LogP contribution in [0.2, 0.25) is 5.02 Å². The van der Waals surface area contributed by atoms with Crippen LogP contribution in [0.15, 0.2) is 60.8 Å². The van der Waals surface area contributed by atoms with Crippen LogP contribution in [-0.4, -0.2) is 40.1 Å². The minimum Gasteiger partial charge on any atom is -0.364 e. The van der Waals surface area contributed by atoms with Crippen molar-refractivity contribution in [1.29, 1.82) is 0 Å². The Labute approximate surface area is 220 Å². The fourth-order valence-electron chi connectivity index (χ4n) is 3.18. The van der Waals surface area contributed by atoms with Gasteiger partial charge in [0.2, 0.25) is 0 Å². The zero-order chi connectivity index (χ0) is 25.8. The summed E-state index contributed by atoms with van der Waals surface area (Å²) in [4.78, 5) is 17.1. The Kier molecular flexibility index (Phi) is 12.2. The van der Waals surface area contributed by atoms with Crippen LogP contribution in [0, 0.1) is 6.92 Å². The van der Waals surface area contributed by atoms with E-state index in [0.717, 1.165) is 28.4 Å². The number of alkyl halides is 1. The highest BCUT2D eigenvalue weighted by molar-refractivity contribution is 7.86. The van der Waals surface area contributed by atoms with Crippen LogP contribution in [0.4, 0.5) is 11.4 Å². The average molecular weight is 537 g/mol. The van der Waals surface area contributed by atoms with Crippen molar-refractivity contribution in [2.45, 2.75) is 27.7 Å². The Balaban J connectivity index is 0.000000803. The van der Waals surface area contributed by atoms with E-state index in [1.807, 2.05) is 52.0 Å². The molecule has 1 aliphatic heterocycles. The molecule has 1 atom stereocenters. The number of amides is 1. The molecule has 0 spiro atoms. The Bertz CT molecular complexity index is 1110. The lowest BCUT2D eigenvalue weighted by atomic mass is 10.0. The molecule has 4 rings (SSSR count). The van der Waals surface area contributed by atoms with Gasteiger partial charge < -0.3 is 10.1 Å². The summed E-state index contributed by atoms with van der Waals surface area (Å²) in [6.07, 6.45) is 1.60. The fraction of sp³-hybridized carbons (Fsp3) is 0.308. The smallest absolute Gasteiger partial charge is 0.255 e. The molecule has 1 aliphatic rings. The third-order valence-electron chi connectivity index (χ3n) is 4.78. The number of ether oxygens (including phenoxy) is 1. The second-order valence-electron chi connectivity index (χ2n) is 7.11. The van der Waals surface area contributed by atoms with E-state index in [9.17, 15) is 9.00 Å². The third-order valence-corrected chi connectivity index (χ3v) is 6.26. The highest BCUT2D eigenvalue weighted by atomic mass is 35.5. The maximum atomic E-state index is 12.7. The number of aryl methyl sites for hydroxylation is 1. The molecule has 35 heavy (non-hydrogen) atoms. The highest BCUT2D eigenvalue weighted by Crippen LogP contribution is 2.26. The van der Waals surface area contributed by atoms with E-state index in [-0.39, 0.29) is 11.8 Å². The molecule has 6 nitrogen and oxygen atoms in total. The number of pyridine rings is 1. The summed E-state index contributed by atoms with van der Waals surface area (Å²) in [6.45, 7) is 8.97. The first-order valence-electron chi connectivity index (χ1n) is 11.4. The molecule has 1 amide bonds. The largest absolute Gasteiger partial charge is 0.364 e. The number of aromatic nitrogens is 1. The van der Waals surface area contributed by atoms with Gasteiger partial charge in [-0.3, -0.25) is 14.1 Å². The van der Waals surface area contributed by atoms with E-state index in [4.69, 9.17) is 27.9 Å². The summed E-state index contributed by atoms with van der Waals surface area (Å²) in [5.41, 5.74) is 4.76. The molecule has 0 radical (unpaired) electrons. The normalized spacial score (nSPS) is 14.7. The minimum absolute atomic E-state index is 0.195. The average Bonchev–Trinajstić information content (AvgIpc) is 2.88. The number of rotatable bonds is 4. The monoisotopic (exact) mass is 535 g/mol. The lowest BCUT2D eigenvalue weighted by Gasteiger charge is -2.27. The number of nitrogens with one attached hydrogen (secondary N) is 1. The van der Waals surface area contributed by atoms with Crippen molar-refractivity contribution in [1.82, 2.24) is 4.98 Å². The molecule has 1 aromatic heterocycles. The molecule has 0 bridgehead atoms. The van der Waals surface area contributed by atoms with E-state index in [1.165, 1.54) is 0 Å². The lowest BCUT2D eigenvalue weighted by molar-refractivity contribution is 0.102. The number of benzene rings is 2. The van der Waals surface area contributed by atoms with Crippen LogP contribution < -0.4 is 9.62 Å². The lowest BCUT2D eigenvalue weighted by Crippen LogP contribution is -2.36.